The fourth-order valence-electron chi connectivity index (χ4n) is 10.5. The molecule has 0 aliphatic heterocycles. The minimum atomic E-state index is -0.100. The second-order valence-electron chi connectivity index (χ2n) is 18.1. The van der Waals surface area contributed by atoms with Crippen LogP contribution in [-0.4, -0.2) is 4.57 Å². The highest BCUT2D eigenvalue weighted by Crippen LogP contribution is 2.54. The molecule has 2 aliphatic carbocycles. The maximum Gasteiger partial charge on any atom is 0.0541 e. The van der Waals surface area contributed by atoms with Gasteiger partial charge in [-0.1, -0.05) is 196 Å². The van der Waals surface area contributed by atoms with Crippen LogP contribution in [0.4, 0.5) is 11.4 Å². The summed E-state index contributed by atoms with van der Waals surface area (Å²) in [4.78, 5) is 2.49. The van der Waals surface area contributed by atoms with Crippen LogP contribution in [0.25, 0.3) is 77.6 Å². The van der Waals surface area contributed by atoms with Crippen LogP contribution in [0, 0.1) is 0 Å². The molecule has 314 valence electrons. The Hall–Kier alpha value is -8.20. The van der Waals surface area contributed by atoms with Crippen molar-refractivity contribution in [2.75, 3.05) is 4.90 Å². The topological polar surface area (TPSA) is 8.17 Å². The summed E-state index contributed by atoms with van der Waals surface area (Å²) in [7, 11) is 0. The normalized spacial score (nSPS) is 13.8. The van der Waals surface area contributed by atoms with Crippen LogP contribution in [0.15, 0.2) is 248 Å². The molecule has 1 aromatic heterocycles. The summed E-state index contributed by atoms with van der Waals surface area (Å²) in [5, 5.41) is 2.49. The monoisotopic (exact) mass is 844 g/mol. The predicted molar refractivity (Wildman–Crippen MR) is 279 cm³/mol. The minimum absolute atomic E-state index is 0.100. The first-order valence-corrected chi connectivity index (χ1v) is 23.1. The molecule has 0 N–H and O–H groups in total. The highest BCUT2D eigenvalue weighted by Gasteiger charge is 2.37. The number of hydrogen-bond donors (Lipinski definition) is 0. The van der Waals surface area contributed by atoms with Crippen LogP contribution in [0.2, 0.25) is 0 Å². The van der Waals surface area contributed by atoms with Crippen LogP contribution >= 0.6 is 0 Å². The van der Waals surface area contributed by atoms with Gasteiger partial charge >= 0.3 is 0 Å². The van der Waals surface area contributed by atoms with Crippen molar-refractivity contribution < 1.29 is 0 Å². The summed E-state index contributed by atoms with van der Waals surface area (Å²) in [6, 6.07) is 80.0. The molecule has 66 heavy (non-hydrogen) atoms. The van der Waals surface area contributed by atoms with E-state index in [9.17, 15) is 0 Å². The Morgan fingerprint density at radius 1 is 0.439 bits per heavy atom. The maximum atomic E-state index is 2.49. The van der Waals surface area contributed by atoms with Gasteiger partial charge in [-0.2, -0.15) is 0 Å². The smallest absolute Gasteiger partial charge is 0.0541 e. The molecule has 0 spiro atoms. The van der Waals surface area contributed by atoms with Crippen molar-refractivity contribution in [1.29, 1.82) is 0 Å². The standard InChI is InChI=1S/C64H48N2/c1-64(2)58-25-13-12-24-55(58)63-59(64)26-15-27-62(63)65(52-23-14-22-47(28-35-52)44-16-6-3-7-17-44)53-36-29-48(30-37-53)49-31-38-54(39-32-49)66-60-40-33-50(45-18-8-4-9-19-45)42-56(60)57-43-51(34-41-61(57)66)46-20-10-5-11-21-46/h3-22,24-43H,23H2,1-2H3. The quantitative estimate of drug-likeness (QED) is 0.148. The molecule has 0 saturated carbocycles. The van der Waals surface area contributed by atoms with E-state index >= 15 is 0 Å². The summed E-state index contributed by atoms with van der Waals surface area (Å²) >= 11 is 0. The Morgan fingerprint density at radius 2 is 0.955 bits per heavy atom. The molecule has 10 aromatic rings. The van der Waals surface area contributed by atoms with E-state index in [0.29, 0.717) is 0 Å². The van der Waals surface area contributed by atoms with Gasteiger partial charge in [0.25, 0.3) is 0 Å². The van der Waals surface area contributed by atoms with E-state index in [1.165, 1.54) is 100.0 Å². The van der Waals surface area contributed by atoms with E-state index in [1.54, 1.807) is 0 Å². The number of anilines is 2. The molecule has 2 heteroatoms. The van der Waals surface area contributed by atoms with Crippen molar-refractivity contribution in [3.8, 4) is 50.2 Å². The lowest BCUT2D eigenvalue weighted by Gasteiger charge is -2.30. The Morgan fingerprint density at radius 3 is 1.58 bits per heavy atom. The second-order valence-corrected chi connectivity index (χ2v) is 18.1. The van der Waals surface area contributed by atoms with E-state index in [2.05, 4.69) is 266 Å². The molecule has 0 saturated heterocycles. The first-order valence-electron chi connectivity index (χ1n) is 23.1. The number of rotatable bonds is 8. The third-order valence-electron chi connectivity index (χ3n) is 13.9. The zero-order chi connectivity index (χ0) is 44.2. The van der Waals surface area contributed by atoms with Crippen LogP contribution in [0.3, 0.4) is 0 Å². The molecule has 9 aromatic carbocycles. The fourth-order valence-corrected chi connectivity index (χ4v) is 10.5. The van der Waals surface area contributed by atoms with Crippen molar-refractivity contribution in [3.63, 3.8) is 0 Å². The average molecular weight is 845 g/mol. The van der Waals surface area contributed by atoms with Crippen LogP contribution in [0.1, 0.15) is 37.0 Å². The van der Waals surface area contributed by atoms with E-state index in [0.717, 1.165) is 17.8 Å². The predicted octanol–water partition coefficient (Wildman–Crippen LogP) is 17.2. The average Bonchev–Trinajstić information content (AvgIpc) is 3.68. The van der Waals surface area contributed by atoms with E-state index in [1.807, 2.05) is 0 Å². The third kappa shape index (κ3) is 6.73. The van der Waals surface area contributed by atoms with Gasteiger partial charge in [0.15, 0.2) is 0 Å². The van der Waals surface area contributed by atoms with Crippen molar-refractivity contribution >= 4 is 38.8 Å². The zero-order valence-corrected chi connectivity index (χ0v) is 37.2. The summed E-state index contributed by atoms with van der Waals surface area (Å²) in [5.41, 5.74) is 22.0. The van der Waals surface area contributed by atoms with Crippen molar-refractivity contribution in [1.82, 2.24) is 4.57 Å². The molecule has 2 aliphatic rings. The van der Waals surface area contributed by atoms with Gasteiger partial charge in [0.2, 0.25) is 0 Å². The molecule has 2 nitrogen and oxygen atoms in total. The first-order chi connectivity index (χ1) is 32.5. The summed E-state index contributed by atoms with van der Waals surface area (Å²) in [6.45, 7) is 4.72. The Bertz CT molecular complexity index is 3440. The Kier molecular flexibility index (Phi) is 9.61. The molecule has 1 heterocycles. The summed E-state index contributed by atoms with van der Waals surface area (Å²) in [6.07, 6.45) is 9.97. The molecule has 0 unspecified atom stereocenters. The molecule has 12 rings (SSSR count). The number of benzene rings is 9. The van der Waals surface area contributed by atoms with E-state index < -0.39 is 0 Å². The number of hydrogen-bond acceptors (Lipinski definition) is 1. The van der Waals surface area contributed by atoms with Crippen LogP contribution in [0.5, 0.6) is 0 Å². The lowest BCUT2D eigenvalue weighted by atomic mass is 9.82. The summed E-state index contributed by atoms with van der Waals surface area (Å²) < 4.78 is 2.42. The SMILES string of the molecule is CC1(C)c2ccccc2-c2c(N(C3=CC=C(c4ccccc4)C=CC3)c3ccc(-c4ccc(-n5c6ccc(-c7ccccc7)cc6c6cc(-c7ccccc7)ccc65)cc4)cc3)cccc21. The number of aromatic nitrogens is 1. The molecule has 0 bridgehead atoms. The van der Waals surface area contributed by atoms with Crippen molar-refractivity contribution in [2.24, 2.45) is 0 Å². The Balaban J connectivity index is 0.934. The van der Waals surface area contributed by atoms with Gasteiger partial charge in [-0.05, 0) is 122 Å². The highest BCUT2D eigenvalue weighted by molar-refractivity contribution is 6.11. The molecular formula is C64H48N2. The largest absolute Gasteiger partial charge is 0.313 e. The first kappa shape index (κ1) is 39.4. The molecule has 0 fully saturated rings. The zero-order valence-electron chi connectivity index (χ0n) is 37.2. The van der Waals surface area contributed by atoms with E-state index in [4.69, 9.17) is 0 Å². The van der Waals surface area contributed by atoms with Gasteiger partial charge in [0, 0.05) is 45.2 Å². The van der Waals surface area contributed by atoms with Gasteiger partial charge < -0.3 is 9.47 Å². The Labute approximate surface area is 387 Å². The molecular weight excluding hydrogens is 797 g/mol. The number of fused-ring (bicyclic) bond motifs is 6. The van der Waals surface area contributed by atoms with Gasteiger partial charge in [-0.15, -0.1) is 0 Å². The maximum absolute atomic E-state index is 2.49. The lowest BCUT2D eigenvalue weighted by molar-refractivity contribution is 0.660. The minimum Gasteiger partial charge on any atom is -0.313 e. The lowest BCUT2D eigenvalue weighted by Crippen LogP contribution is -2.18. The fraction of sp³-hybridized carbons (Fsp3) is 0.0625. The van der Waals surface area contributed by atoms with Crippen LogP contribution < -0.4 is 4.90 Å². The number of nitrogens with zero attached hydrogens (tertiary/aromatic N) is 2. The third-order valence-corrected chi connectivity index (χ3v) is 13.9. The number of allylic oxidation sites excluding steroid dienone is 5. The molecule has 0 atom stereocenters. The highest BCUT2D eigenvalue weighted by atomic mass is 15.2. The van der Waals surface area contributed by atoms with Gasteiger partial charge in [0.1, 0.15) is 0 Å². The van der Waals surface area contributed by atoms with Gasteiger partial charge in [0.05, 0.1) is 16.7 Å². The van der Waals surface area contributed by atoms with Gasteiger partial charge in [-0.25, -0.2) is 0 Å². The second kappa shape index (κ2) is 16.1. The van der Waals surface area contributed by atoms with Crippen molar-refractivity contribution in [3.05, 3.63) is 265 Å². The molecule has 0 radical (unpaired) electrons. The van der Waals surface area contributed by atoms with E-state index in [-0.39, 0.29) is 5.41 Å². The van der Waals surface area contributed by atoms with Crippen molar-refractivity contribution in [2.45, 2.75) is 25.7 Å². The van der Waals surface area contributed by atoms with Gasteiger partial charge in [-0.3, -0.25) is 0 Å². The molecule has 0 amide bonds. The summed E-state index contributed by atoms with van der Waals surface area (Å²) in [5.74, 6) is 0. The van der Waals surface area contributed by atoms with Crippen LogP contribution in [-0.2, 0) is 5.41 Å².